The minimum atomic E-state index is 0.310. The number of fused-ring (bicyclic) bond motifs is 1. The van der Waals surface area contributed by atoms with Crippen LogP contribution in [0.1, 0.15) is 27.8 Å². The first kappa shape index (κ1) is 21.7. The number of nitrogens with one attached hydrogen (secondary N) is 1. The molecule has 2 aromatic heterocycles. The Morgan fingerprint density at radius 1 is 1.03 bits per heavy atom. The monoisotopic (exact) mass is 450 g/mol. The highest BCUT2D eigenvalue weighted by atomic mass is 32.1. The molecule has 0 unspecified atom stereocenters. The van der Waals surface area contributed by atoms with E-state index in [0.29, 0.717) is 23.1 Å². The van der Waals surface area contributed by atoms with Crippen molar-refractivity contribution in [1.29, 1.82) is 10.5 Å². The number of hydrazone groups is 1. The molecule has 0 aliphatic rings. The van der Waals surface area contributed by atoms with E-state index in [4.69, 9.17) is 15.3 Å². The average Bonchev–Trinajstić information content (AvgIpc) is 3.29. The number of hydrogen-bond donors (Lipinski definition) is 1. The molecular weight excluding hydrogens is 432 g/mol. The van der Waals surface area contributed by atoms with Gasteiger partial charge in [-0.05, 0) is 77.9 Å². The van der Waals surface area contributed by atoms with Crippen molar-refractivity contribution in [3.05, 3.63) is 81.7 Å². The summed E-state index contributed by atoms with van der Waals surface area (Å²) in [6, 6.07) is 17.0. The molecule has 0 fully saturated rings. The molecular formula is C25H18N6OS. The molecule has 0 aliphatic heterocycles. The fourth-order valence-electron chi connectivity index (χ4n) is 3.24. The number of aromatic nitrogens is 2. The largest absolute Gasteiger partial charge is 0.437 e. The van der Waals surface area contributed by atoms with Crippen molar-refractivity contribution in [2.24, 2.45) is 5.10 Å². The van der Waals surface area contributed by atoms with Crippen molar-refractivity contribution >= 4 is 39.8 Å². The van der Waals surface area contributed by atoms with E-state index in [1.54, 1.807) is 24.4 Å². The summed E-state index contributed by atoms with van der Waals surface area (Å²) in [5, 5.41) is 23.8. The first-order valence-electron chi connectivity index (χ1n) is 9.97. The average molecular weight is 451 g/mol. The Morgan fingerprint density at radius 2 is 1.79 bits per heavy atom. The van der Waals surface area contributed by atoms with Crippen LogP contribution in [-0.2, 0) is 0 Å². The predicted molar refractivity (Wildman–Crippen MR) is 130 cm³/mol. The number of hydrogen-bond acceptors (Lipinski definition) is 8. The van der Waals surface area contributed by atoms with Gasteiger partial charge in [-0.2, -0.15) is 20.6 Å². The minimum absolute atomic E-state index is 0.310. The van der Waals surface area contributed by atoms with Gasteiger partial charge in [0.05, 0.1) is 29.4 Å². The third-order valence-corrected chi connectivity index (χ3v) is 5.61. The number of nitrogens with zero attached hydrogens (tertiary/aromatic N) is 5. The van der Waals surface area contributed by atoms with Crippen LogP contribution in [0.5, 0.6) is 11.6 Å². The van der Waals surface area contributed by atoms with E-state index in [1.165, 1.54) is 17.4 Å². The molecule has 0 saturated heterocycles. The van der Waals surface area contributed by atoms with E-state index >= 15 is 0 Å². The molecule has 0 radical (unpaired) electrons. The van der Waals surface area contributed by atoms with E-state index in [0.717, 1.165) is 32.5 Å². The van der Waals surface area contributed by atoms with Gasteiger partial charge >= 0.3 is 0 Å². The van der Waals surface area contributed by atoms with E-state index in [-0.39, 0.29) is 0 Å². The van der Waals surface area contributed by atoms with Gasteiger partial charge in [-0.25, -0.2) is 10.4 Å². The van der Waals surface area contributed by atoms with Gasteiger partial charge < -0.3 is 4.74 Å². The lowest BCUT2D eigenvalue weighted by Crippen LogP contribution is -2.00. The Balaban J connectivity index is 1.60. The topological polar surface area (TPSA) is 107 Å². The summed E-state index contributed by atoms with van der Waals surface area (Å²) in [4.78, 5) is 9.03. The van der Waals surface area contributed by atoms with Crippen LogP contribution in [-0.4, -0.2) is 16.2 Å². The Kier molecular flexibility index (Phi) is 6.40. The first-order chi connectivity index (χ1) is 16.1. The van der Waals surface area contributed by atoms with Gasteiger partial charge in [-0.3, -0.25) is 0 Å². The maximum Gasteiger partial charge on any atom is 0.247 e. The lowest BCUT2D eigenvalue weighted by molar-refractivity contribution is 0.462. The van der Waals surface area contributed by atoms with Gasteiger partial charge in [-0.15, -0.1) is 11.3 Å². The smallest absolute Gasteiger partial charge is 0.247 e. The highest BCUT2D eigenvalue weighted by molar-refractivity contribution is 7.17. The molecule has 0 saturated carbocycles. The number of benzene rings is 2. The molecule has 4 rings (SSSR count). The van der Waals surface area contributed by atoms with Gasteiger partial charge in [0.1, 0.15) is 10.4 Å². The Labute approximate surface area is 194 Å². The summed E-state index contributed by atoms with van der Waals surface area (Å²) in [6.45, 7) is 3.92. The summed E-state index contributed by atoms with van der Waals surface area (Å²) < 4.78 is 7.09. The summed E-state index contributed by atoms with van der Waals surface area (Å²) in [5.74, 6) is 1.46. The first-order valence-corrected chi connectivity index (χ1v) is 10.8. The lowest BCUT2D eigenvalue weighted by Gasteiger charge is -2.13. The number of anilines is 1. The minimum Gasteiger partial charge on any atom is -0.437 e. The van der Waals surface area contributed by atoms with Crippen LogP contribution in [0.3, 0.4) is 0 Å². The van der Waals surface area contributed by atoms with Crippen molar-refractivity contribution in [2.75, 3.05) is 5.43 Å². The van der Waals surface area contributed by atoms with Gasteiger partial charge in [0.2, 0.25) is 11.8 Å². The number of rotatable bonds is 6. The van der Waals surface area contributed by atoms with E-state index in [1.807, 2.05) is 55.6 Å². The van der Waals surface area contributed by atoms with Crippen LogP contribution in [0.15, 0.2) is 59.0 Å². The van der Waals surface area contributed by atoms with Crippen LogP contribution in [0.25, 0.3) is 16.3 Å². The number of allylic oxidation sites excluding steroid dienone is 1. The molecule has 0 aliphatic carbocycles. The molecule has 0 atom stereocenters. The third-order valence-electron chi connectivity index (χ3n) is 4.72. The fraction of sp³-hybridized carbons (Fsp3) is 0.0800. The van der Waals surface area contributed by atoms with Crippen LogP contribution in [0, 0.1) is 36.5 Å². The van der Waals surface area contributed by atoms with Crippen molar-refractivity contribution in [3.63, 3.8) is 0 Å². The Morgan fingerprint density at radius 3 is 2.48 bits per heavy atom. The maximum atomic E-state index is 8.90. The molecule has 2 heterocycles. The molecule has 7 nitrogen and oxygen atoms in total. The lowest BCUT2D eigenvalue weighted by atomic mass is 10.1. The zero-order valence-corrected chi connectivity index (χ0v) is 18.7. The van der Waals surface area contributed by atoms with Crippen LogP contribution >= 0.6 is 11.3 Å². The zero-order valence-electron chi connectivity index (χ0n) is 17.9. The van der Waals surface area contributed by atoms with Crippen molar-refractivity contribution < 1.29 is 4.74 Å². The predicted octanol–water partition coefficient (Wildman–Crippen LogP) is 5.95. The molecule has 0 spiro atoms. The van der Waals surface area contributed by atoms with Crippen LogP contribution in [0.2, 0.25) is 0 Å². The van der Waals surface area contributed by atoms with Gasteiger partial charge in [-0.1, -0.05) is 12.1 Å². The fourth-order valence-corrected chi connectivity index (χ4v) is 3.99. The van der Waals surface area contributed by atoms with Crippen molar-refractivity contribution in [1.82, 2.24) is 9.97 Å². The van der Waals surface area contributed by atoms with E-state index in [9.17, 15) is 0 Å². The summed E-state index contributed by atoms with van der Waals surface area (Å²) in [7, 11) is 0. The number of nitriles is 2. The highest BCUT2D eigenvalue weighted by Gasteiger charge is 2.14. The van der Waals surface area contributed by atoms with E-state index < -0.39 is 0 Å². The van der Waals surface area contributed by atoms with Crippen LogP contribution in [0.4, 0.5) is 5.95 Å². The SMILES string of the molecule is Cc1cc(/C=C/C#N)cc(C)c1Oc1nc(N/N=C/c2ccc(C#N)cc2)nc2ccsc12. The van der Waals surface area contributed by atoms with Gasteiger partial charge in [0, 0.05) is 6.08 Å². The van der Waals surface area contributed by atoms with Crippen molar-refractivity contribution in [3.8, 4) is 23.8 Å². The zero-order chi connectivity index (χ0) is 23.2. The summed E-state index contributed by atoms with van der Waals surface area (Å²) >= 11 is 1.50. The molecule has 8 heteroatoms. The molecule has 4 aromatic rings. The molecule has 33 heavy (non-hydrogen) atoms. The van der Waals surface area contributed by atoms with Crippen molar-refractivity contribution in [2.45, 2.75) is 13.8 Å². The number of thiophene rings is 1. The maximum absolute atomic E-state index is 8.90. The normalized spacial score (nSPS) is 11.0. The standard InChI is InChI=1S/C25H18N6OS/c1-16-12-20(4-3-10-26)13-17(2)22(16)32-24-23-21(9-11-33-23)29-25(30-24)31-28-15-19-7-5-18(14-27)6-8-19/h3-9,11-13,15H,1-2H3,(H,29,30,31)/b4-3+,28-15+. The van der Waals surface area contributed by atoms with Gasteiger partial charge in [0.15, 0.2) is 0 Å². The Bertz CT molecular complexity index is 1430. The quantitative estimate of drug-likeness (QED) is 0.221. The molecule has 1 N–H and O–H groups in total. The number of aryl methyl sites for hydroxylation is 2. The van der Waals surface area contributed by atoms with Gasteiger partial charge in [0.25, 0.3) is 0 Å². The second kappa shape index (κ2) is 9.73. The van der Waals surface area contributed by atoms with E-state index in [2.05, 4.69) is 26.6 Å². The summed E-state index contributed by atoms with van der Waals surface area (Å²) in [6.07, 6.45) is 4.84. The molecule has 0 bridgehead atoms. The molecule has 0 amide bonds. The molecule has 160 valence electrons. The second-order valence-corrected chi connectivity index (χ2v) is 8.06. The number of ether oxygens (including phenoxy) is 1. The highest BCUT2D eigenvalue weighted by Crippen LogP contribution is 2.35. The summed E-state index contributed by atoms with van der Waals surface area (Å²) in [5.41, 5.74) is 7.84. The molecule has 2 aromatic carbocycles. The second-order valence-electron chi connectivity index (χ2n) is 7.14. The third kappa shape index (κ3) is 5.04. The Hall–Kier alpha value is -4.53. The van der Waals surface area contributed by atoms with Crippen LogP contribution < -0.4 is 10.2 Å².